The first-order chi connectivity index (χ1) is 43.1. The normalized spacial score (nSPS) is 26.7. The van der Waals surface area contributed by atoms with Crippen LogP contribution in [0.1, 0.15) is 128 Å². The van der Waals surface area contributed by atoms with Crippen molar-refractivity contribution in [2.24, 2.45) is 16.7 Å². The predicted molar refractivity (Wildman–Crippen MR) is 321 cm³/mol. The smallest absolute Gasteiger partial charge is 0.408 e. The van der Waals surface area contributed by atoms with Crippen LogP contribution < -0.4 is 21.3 Å². The molecule has 27 heteroatoms. The standard InChI is InChI=1S/C65H80N4O23/c1-34-42(32-65(84)61(6,7)48(34)50(86-11)52(75)62(8)43(85-10)31-44-64(33-87-44,90-35(2)70)57(62)63(65,9)91-55(80)38-20-16-13-17-21-38)88-56(81)51(49(37-18-14-12-15-19-37)69-59(83)92-60(3,4)5)89-47(74)29-27-45(71)66-39-24-22-36(23-25-39)30-41(54(78)79)68-58(82)67-40(53(76)77)26-28-46(72)73/h12-25,40-44,49-51,57,84H,26-33H2,1-11H3,(H,66,71)(H,69,83)(H,72,73)(H,76,77)(H,78,79)(H2,67,68,82)/t40-,41-,42-,43-,44+,49-,50+,51+,57+,62-,63+,64-,65-/m0/s1. The van der Waals surface area contributed by atoms with Gasteiger partial charge in [-0.05, 0) is 94.5 Å². The molecular formula is C65H80N4O23. The van der Waals surface area contributed by atoms with Crippen LogP contribution >= 0.6 is 0 Å². The van der Waals surface area contributed by atoms with Gasteiger partial charge in [0.15, 0.2) is 11.4 Å². The number of carbonyl (C=O) groups excluding carboxylic acids is 8. The molecule has 0 radical (unpaired) electrons. The number of ether oxygens (including phenoxy) is 8. The molecule has 498 valence electrons. The molecule has 13 atom stereocenters. The van der Waals surface area contributed by atoms with Gasteiger partial charge in [-0.2, -0.15) is 0 Å². The van der Waals surface area contributed by atoms with Crippen molar-refractivity contribution in [1.29, 1.82) is 0 Å². The van der Waals surface area contributed by atoms with Crippen LogP contribution in [0.5, 0.6) is 0 Å². The Morgan fingerprint density at radius 1 is 0.761 bits per heavy atom. The van der Waals surface area contributed by atoms with Gasteiger partial charge in [0.2, 0.25) is 12.0 Å². The third-order valence-corrected chi connectivity index (χ3v) is 17.9. The van der Waals surface area contributed by atoms with Gasteiger partial charge >= 0.3 is 53.9 Å². The van der Waals surface area contributed by atoms with E-state index < -0.39 is 186 Å². The van der Waals surface area contributed by atoms with E-state index in [1.54, 1.807) is 84.9 Å². The summed E-state index contributed by atoms with van der Waals surface area (Å²) in [6.45, 7) is 13.5. The number of hydrogen-bond donors (Lipinski definition) is 8. The molecule has 4 aliphatic rings. The number of benzene rings is 3. The maximum absolute atomic E-state index is 16.1. The summed E-state index contributed by atoms with van der Waals surface area (Å²) in [5.41, 5.74) is -10.1. The molecule has 0 aromatic heterocycles. The van der Waals surface area contributed by atoms with E-state index in [-0.39, 0.29) is 47.4 Å². The molecule has 1 aliphatic heterocycles. The Morgan fingerprint density at radius 3 is 1.91 bits per heavy atom. The largest absolute Gasteiger partial charge is 0.481 e. The van der Waals surface area contributed by atoms with E-state index >= 15 is 9.59 Å². The Kier molecular flexibility index (Phi) is 21.5. The minimum atomic E-state index is -2.47. The summed E-state index contributed by atoms with van der Waals surface area (Å²) in [6.07, 6.45) is -11.5. The van der Waals surface area contributed by atoms with Gasteiger partial charge in [0.25, 0.3) is 0 Å². The second-order valence-electron chi connectivity index (χ2n) is 25.3. The number of methoxy groups -OCH3 is 2. The fourth-order valence-corrected chi connectivity index (χ4v) is 13.6. The molecule has 1 saturated heterocycles. The molecule has 3 aromatic rings. The SMILES string of the molecule is CO[C@H]1C(=O)[C@]2(C)[C@@H](OC)C[C@H]3OC[C@@]3(OC(C)=O)[C@H]2[C@@](C)(OC(=O)c2ccccc2)[C@]2(O)C[C@H](OC(=O)[C@H](OC(=O)CCC(=O)Nc3ccc(C[C@H](NC(=O)N[C@@H](CCC(=O)O)C(=O)O)C(=O)O)cc3)[C@@H](NC(=O)OC(C)(C)C)c3ccccc3)C(C)=C1C2(C)C. The van der Waals surface area contributed by atoms with E-state index in [0.717, 1.165) is 0 Å². The molecule has 4 amide bonds. The average molecular weight is 1290 g/mol. The molecule has 27 nitrogen and oxygen atoms in total. The molecule has 7 rings (SSSR count). The molecule has 92 heavy (non-hydrogen) atoms. The van der Waals surface area contributed by atoms with Crippen molar-refractivity contribution in [2.45, 2.75) is 178 Å². The van der Waals surface area contributed by atoms with Gasteiger partial charge in [-0.3, -0.25) is 24.0 Å². The van der Waals surface area contributed by atoms with Gasteiger partial charge in [-0.15, -0.1) is 0 Å². The highest BCUT2D eigenvalue weighted by atomic mass is 16.6. The lowest BCUT2D eigenvalue weighted by molar-refractivity contribution is -0.367. The number of rotatable bonds is 24. The van der Waals surface area contributed by atoms with Crippen LogP contribution in [0.3, 0.4) is 0 Å². The van der Waals surface area contributed by atoms with Crippen LogP contribution in [0.25, 0.3) is 0 Å². The number of anilines is 1. The van der Waals surface area contributed by atoms with Gasteiger partial charge in [0, 0.05) is 64.3 Å². The first-order valence-electron chi connectivity index (χ1n) is 29.8. The lowest BCUT2D eigenvalue weighted by Crippen LogP contribution is -2.85. The average Bonchev–Trinajstić information content (AvgIpc) is 0.658. The molecule has 2 saturated carbocycles. The number of carboxylic acid groups (broad SMARTS) is 3. The summed E-state index contributed by atoms with van der Waals surface area (Å²) in [7, 11) is 2.67. The van der Waals surface area contributed by atoms with Crippen molar-refractivity contribution in [3.05, 3.63) is 113 Å². The van der Waals surface area contributed by atoms with Gasteiger partial charge in [0.05, 0.1) is 36.0 Å². The zero-order chi connectivity index (χ0) is 68.1. The van der Waals surface area contributed by atoms with E-state index in [9.17, 15) is 58.5 Å². The third kappa shape index (κ3) is 14.6. The summed E-state index contributed by atoms with van der Waals surface area (Å²) >= 11 is 0. The number of hydrogen-bond acceptors (Lipinski definition) is 20. The molecular weight excluding hydrogens is 1200 g/mol. The van der Waals surface area contributed by atoms with Crippen LogP contribution in [0.4, 0.5) is 15.3 Å². The van der Waals surface area contributed by atoms with Gasteiger partial charge < -0.3 is 79.6 Å². The van der Waals surface area contributed by atoms with E-state index in [0.29, 0.717) is 5.56 Å². The Balaban J connectivity index is 1.22. The Morgan fingerprint density at radius 2 is 1.37 bits per heavy atom. The van der Waals surface area contributed by atoms with E-state index in [1.165, 1.54) is 76.6 Å². The van der Waals surface area contributed by atoms with Gasteiger partial charge in [-0.25, -0.2) is 28.8 Å². The summed E-state index contributed by atoms with van der Waals surface area (Å²) < 4.78 is 49.6. The maximum Gasteiger partial charge on any atom is 0.408 e. The Hall–Kier alpha value is -8.79. The molecule has 2 bridgehead atoms. The monoisotopic (exact) mass is 1280 g/mol. The molecule has 0 unspecified atom stereocenters. The first-order valence-corrected chi connectivity index (χ1v) is 29.8. The van der Waals surface area contributed by atoms with Crippen LogP contribution in [-0.2, 0) is 82.7 Å². The number of alkyl carbamates (subject to hydrolysis) is 1. The summed E-state index contributed by atoms with van der Waals surface area (Å²) in [4.78, 5) is 149. The van der Waals surface area contributed by atoms with Crippen LogP contribution in [0.2, 0.25) is 0 Å². The van der Waals surface area contributed by atoms with Crippen LogP contribution in [0, 0.1) is 16.7 Å². The maximum atomic E-state index is 16.1. The number of fused-ring (bicyclic) bond motifs is 5. The van der Waals surface area contributed by atoms with E-state index in [4.69, 9.17) is 43.0 Å². The van der Waals surface area contributed by atoms with Crippen molar-refractivity contribution in [3.63, 3.8) is 0 Å². The lowest BCUT2D eigenvalue weighted by atomic mass is 9.41. The number of amides is 4. The van der Waals surface area contributed by atoms with E-state index in [2.05, 4.69) is 16.0 Å². The zero-order valence-corrected chi connectivity index (χ0v) is 53.0. The molecule has 3 aromatic carbocycles. The van der Waals surface area contributed by atoms with Crippen LogP contribution in [-0.4, -0.2) is 172 Å². The first kappa shape index (κ1) is 70.7. The molecule has 0 spiro atoms. The molecule has 1 heterocycles. The summed E-state index contributed by atoms with van der Waals surface area (Å²) in [5, 5.41) is 52.0. The van der Waals surface area contributed by atoms with Gasteiger partial charge in [0.1, 0.15) is 53.2 Å². The second kappa shape index (κ2) is 28.0. The number of Topliss-reactive ketones (excluding diaryl/α,β-unsaturated/α-hetero) is 1. The number of ketones is 1. The highest BCUT2D eigenvalue weighted by Crippen LogP contribution is 2.68. The topological polar surface area (TPSA) is 391 Å². The molecule has 8 N–H and O–H groups in total. The van der Waals surface area contributed by atoms with Crippen molar-refractivity contribution in [3.8, 4) is 0 Å². The van der Waals surface area contributed by atoms with Crippen molar-refractivity contribution >= 4 is 71.3 Å². The minimum Gasteiger partial charge on any atom is -0.481 e. The van der Waals surface area contributed by atoms with Crippen molar-refractivity contribution in [2.75, 3.05) is 26.1 Å². The number of carbonyl (C=O) groups is 11. The number of esters is 4. The number of carboxylic acids is 3. The van der Waals surface area contributed by atoms with Gasteiger partial charge in [-0.1, -0.05) is 74.5 Å². The highest BCUT2D eigenvalue weighted by molar-refractivity contribution is 5.95. The third-order valence-electron chi connectivity index (χ3n) is 17.9. The fraction of sp³-hybridized carbons (Fsp3) is 0.523. The number of aliphatic hydroxyl groups is 1. The Bertz CT molecular complexity index is 3350. The lowest BCUT2D eigenvalue weighted by Gasteiger charge is -2.71. The number of aliphatic carboxylic acids is 3. The number of urea groups is 1. The minimum absolute atomic E-state index is 0.0196. The predicted octanol–water partition coefficient (Wildman–Crippen LogP) is 5.54. The highest BCUT2D eigenvalue weighted by Gasteiger charge is 2.82. The molecule has 3 aliphatic carbocycles. The number of nitrogens with one attached hydrogen (secondary N) is 4. The second-order valence-corrected chi connectivity index (χ2v) is 25.3. The zero-order valence-electron chi connectivity index (χ0n) is 53.0. The fourth-order valence-electron chi connectivity index (χ4n) is 13.6. The van der Waals surface area contributed by atoms with Crippen LogP contribution in [0.15, 0.2) is 96.1 Å². The quantitative estimate of drug-likeness (QED) is 0.0310. The van der Waals surface area contributed by atoms with Crippen molar-refractivity contribution in [1.82, 2.24) is 16.0 Å². The molecule has 3 fully saturated rings. The summed E-state index contributed by atoms with van der Waals surface area (Å²) in [6, 6.07) is 15.4. The van der Waals surface area contributed by atoms with Crippen molar-refractivity contribution < 1.29 is 111 Å². The summed E-state index contributed by atoms with van der Waals surface area (Å²) in [5.74, 6) is -11.4. The van der Waals surface area contributed by atoms with E-state index in [1.807, 2.05) is 5.32 Å². The Labute approximate surface area is 530 Å².